The van der Waals surface area contributed by atoms with Gasteiger partial charge in [0.1, 0.15) is 12.2 Å². The number of rotatable bonds is 0. The molecule has 2 saturated carbocycles. The van der Waals surface area contributed by atoms with E-state index in [2.05, 4.69) is 0 Å². The predicted octanol–water partition coefficient (Wildman–Crippen LogP) is -2.40. The second-order valence-electron chi connectivity index (χ2n) is 10.8. The Balaban J connectivity index is 1.75. The van der Waals surface area contributed by atoms with Crippen LogP contribution in [-0.4, -0.2) is 86.3 Å². The molecule has 0 unspecified atom stereocenters. The van der Waals surface area contributed by atoms with E-state index in [1.807, 2.05) is 0 Å². The van der Waals surface area contributed by atoms with Crippen molar-refractivity contribution >= 4 is 17.9 Å². The van der Waals surface area contributed by atoms with E-state index in [0.717, 1.165) is 0 Å². The highest BCUT2D eigenvalue weighted by Gasteiger charge is 3.05. The number of carbonyl (C=O) groups excluding carboxylic acids is 3. The lowest BCUT2D eigenvalue weighted by Crippen LogP contribution is -2.67. The third-order valence-electron chi connectivity index (χ3n) is 8.95. The molecule has 12 atom stereocenters. The Morgan fingerprint density at radius 2 is 1.58 bits per heavy atom. The molecular weight excluding hydrogens is 416 g/mol. The highest BCUT2D eigenvalue weighted by atomic mass is 16.8. The third kappa shape index (κ3) is 1.43. The van der Waals surface area contributed by atoms with Gasteiger partial charge < -0.3 is 39.4 Å². The zero-order valence-electron chi connectivity index (χ0n) is 17.3. The number of carbonyl (C=O) groups is 3. The first-order chi connectivity index (χ1) is 14.3. The van der Waals surface area contributed by atoms with Gasteiger partial charge in [-0.3, -0.25) is 4.79 Å². The van der Waals surface area contributed by atoms with Crippen LogP contribution in [0.2, 0.25) is 0 Å². The molecule has 4 saturated heterocycles. The van der Waals surface area contributed by atoms with Crippen LogP contribution in [0.5, 0.6) is 0 Å². The van der Waals surface area contributed by atoms with Crippen molar-refractivity contribution in [1.29, 1.82) is 0 Å². The molecule has 4 aliphatic heterocycles. The number of esters is 3. The highest BCUT2D eigenvalue weighted by Crippen LogP contribution is 2.84. The molecule has 11 nitrogen and oxygen atoms in total. The van der Waals surface area contributed by atoms with Gasteiger partial charge in [0.15, 0.2) is 17.8 Å². The largest absolute Gasteiger partial charge is 0.456 e. The van der Waals surface area contributed by atoms with Gasteiger partial charge in [-0.1, -0.05) is 20.8 Å². The second-order valence-corrected chi connectivity index (χ2v) is 10.8. The number of hydrogen-bond donors (Lipinski definition) is 4. The van der Waals surface area contributed by atoms with Crippen LogP contribution in [0.1, 0.15) is 27.7 Å². The van der Waals surface area contributed by atoms with Crippen molar-refractivity contribution < 1.29 is 53.8 Å². The molecule has 0 amide bonds. The van der Waals surface area contributed by atoms with E-state index in [-0.39, 0.29) is 0 Å². The maximum absolute atomic E-state index is 13.4. The Hall–Kier alpha value is -1.79. The maximum Gasteiger partial charge on any atom is 0.343 e. The zero-order valence-corrected chi connectivity index (χ0v) is 17.3. The molecule has 0 aromatic rings. The lowest BCUT2D eigenvalue weighted by Gasteiger charge is -2.47. The van der Waals surface area contributed by atoms with E-state index in [1.54, 1.807) is 20.8 Å². The minimum absolute atomic E-state index is 0.792. The Morgan fingerprint density at radius 1 is 0.935 bits per heavy atom. The Labute approximate surface area is 176 Å². The van der Waals surface area contributed by atoms with Crippen LogP contribution in [0.25, 0.3) is 0 Å². The van der Waals surface area contributed by atoms with Crippen LogP contribution in [0.3, 0.4) is 0 Å². The molecule has 170 valence electrons. The van der Waals surface area contributed by atoms with Crippen LogP contribution < -0.4 is 0 Å². The van der Waals surface area contributed by atoms with Gasteiger partial charge >= 0.3 is 17.9 Å². The Morgan fingerprint density at radius 3 is 2.19 bits per heavy atom. The van der Waals surface area contributed by atoms with Crippen LogP contribution in [0, 0.1) is 28.1 Å². The molecular formula is C20H24O11. The van der Waals surface area contributed by atoms with E-state index >= 15 is 0 Å². The van der Waals surface area contributed by atoms with Crippen LogP contribution in [0.15, 0.2) is 0 Å². The number of aliphatic hydroxyl groups excluding tert-OH is 3. The maximum atomic E-state index is 13.4. The first-order valence-corrected chi connectivity index (χ1v) is 10.3. The summed E-state index contributed by atoms with van der Waals surface area (Å²) in [5.74, 6) is -5.22. The van der Waals surface area contributed by atoms with Gasteiger partial charge in [-0.15, -0.1) is 0 Å². The lowest BCUT2D eigenvalue weighted by atomic mass is 9.51. The van der Waals surface area contributed by atoms with Crippen molar-refractivity contribution in [3.8, 4) is 0 Å². The fourth-order valence-corrected chi connectivity index (χ4v) is 8.27. The van der Waals surface area contributed by atoms with Crippen molar-refractivity contribution in [2.45, 2.75) is 75.7 Å². The first kappa shape index (κ1) is 19.9. The summed E-state index contributed by atoms with van der Waals surface area (Å²) < 4.78 is 22.2. The molecule has 4 N–H and O–H groups in total. The van der Waals surface area contributed by atoms with Gasteiger partial charge in [0.2, 0.25) is 11.9 Å². The summed E-state index contributed by atoms with van der Waals surface area (Å²) >= 11 is 0. The van der Waals surface area contributed by atoms with E-state index in [1.165, 1.54) is 6.92 Å². The normalized spacial score (nSPS) is 61.0. The van der Waals surface area contributed by atoms with E-state index in [4.69, 9.17) is 18.9 Å². The summed E-state index contributed by atoms with van der Waals surface area (Å²) in [7, 11) is 0. The van der Waals surface area contributed by atoms with Crippen molar-refractivity contribution in [1.82, 2.24) is 0 Å². The molecule has 4 heterocycles. The average Bonchev–Trinajstić information content (AvgIpc) is 3.35. The smallest absolute Gasteiger partial charge is 0.343 e. The van der Waals surface area contributed by atoms with Gasteiger partial charge in [-0.05, 0) is 12.3 Å². The standard InChI is InChI=1S/C20H24O11/c1-5-12(24)28-11-8(22)18-10-6(21)7(16(2,3)4)17(18)9(23)13(25)30-15(17)31-20(18,14(26)29-10)19(5,11)27/h5-11,15,21-23,27H,1-4H3/t5-,6-,7+,8+,9+,10-,11-,15+,17-,18-,19-,20-/m1/s1. The summed E-state index contributed by atoms with van der Waals surface area (Å²) in [6.07, 6.45) is -9.69. The molecule has 0 bridgehead atoms. The predicted molar refractivity (Wildman–Crippen MR) is 93.4 cm³/mol. The molecule has 2 spiro atoms. The van der Waals surface area contributed by atoms with Gasteiger partial charge in [0, 0.05) is 5.92 Å². The SMILES string of the molecule is C[C@@H]1C(=O)O[C@@H]2[C@H](O)[C@]34[C@@H]5OC(=O)[C@]3(O[C@@H]3OC(=O)[C@H](O)[C@]34[C@H](C(C)(C)C)[C@H]5O)[C@@]12O. The molecule has 0 radical (unpaired) electrons. The lowest BCUT2D eigenvalue weighted by molar-refractivity contribution is -0.240. The van der Waals surface area contributed by atoms with E-state index in [0.29, 0.717) is 0 Å². The number of fused-ring (bicyclic) bond motifs is 1. The average molecular weight is 440 g/mol. The van der Waals surface area contributed by atoms with Crippen LogP contribution >= 0.6 is 0 Å². The number of aliphatic hydroxyl groups is 4. The monoisotopic (exact) mass is 440 g/mol. The molecule has 6 fully saturated rings. The molecule has 11 heteroatoms. The van der Waals surface area contributed by atoms with Gasteiger partial charge in [-0.25, -0.2) is 9.59 Å². The van der Waals surface area contributed by atoms with Crippen molar-refractivity contribution in [3.63, 3.8) is 0 Å². The topological polar surface area (TPSA) is 169 Å². The quantitative estimate of drug-likeness (QED) is 0.234. The molecule has 0 aromatic heterocycles. The van der Waals surface area contributed by atoms with Crippen LogP contribution in [-0.2, 0) is 33.3 Å². The molecule has 6 rings (SSSR count). The minimum Gasteiger partial charge on any atom is -0.456 e. The zero-order chi connectivity index (χ0) is 22.7. The van der Waals surface area contributed by atoms with E-state index < -0.39 is 94.0 Å². The summed E-state index contributed by atoms with van der Waals surface area (Å²) in [6.45, 7) is 6.63. The molecule has 2 aliphatic carbocycles. The number of hydrogen-bond acceptors (Lipinski definition) is 11. The van der Waals surface area contributed by atoms with Crippen molar-refractivity contribution in [3.05, 3.63) is 0 Å². The van der Waals surface area contributed by atoms with Crippen molar-refractivity contribution in [2.75, 3.05) is 0 Å². The van der Waals surface area contributed by atoms with Gasteiger partial charge in [0.05, 0.1) is 22.9 Å². The summed E-state index contributed by atoms with van der Waals surface area (Å²) in [6, 6.07) is 0. The Bertz CT molecular complexity index is 957. The number of ether oxygens (including phenoxy) is 4. The van der Waals surface area contributed by atoms with Gasteiger partial charge in [0.25, 0.3) is 0 Å². The van der Waals surface area contributed by atoms with Gasteiger partial charge in [-0.2, -0.15) is 0 Å². The second kappa shape index (κ2) is 4.91. The summed E-state index contributed by atoms with van der Waals surface area (Å²) in [4.78, 5) is 38.3. The minimum atomic E-state index is -2.40. The molecule has 0 aromatic carbocycles. The fourth-order valence-electron chi connectivity index (χ4n) is 8.27. The van der Waals surface area contributed by atoms with Crippen molar-refractivity contribution in [2.24, 2.45) is 28.1 Å². The summed E-state index contributed by atoms with van der Waals surface area (Å²) in [5, 5.41) is 46.1. The first-order valence-electron chi connectivity index (χ1n) is 10.3. The molecule has 6 aliphatic rings. The third-order valence-corrected chi connectivity index (χ3v) is 8.95. The highest BCUT2D eigenvalue weighted by molar-refractivity contribution is 5.94. The molecule has 31 heavy (non-hydrogen) atoms. The van der Waals surface area contributed by atoms with Crippen LogP contribution in [0.4, 0.5) is 0 Å². The fraction of sp³-hybridized carbons (Fsp3) is 0.850. The summed E-state index contributed by atoms with van der Waals surface area (Å²) in [5.41, 5.74) is -9.40. The van der Waals surface area contributed by atoms with E-state index in [9.17, 15) is 34.8 Å². The Kier molecular flexibility index (Phi) is 3.15.